The lowest BCUT2D eigenvalue weighted by atomic mass is 10.1. The van der Waals surface area contributed by atoms with Crippen molar-refractivity contribution < 1.29 is 18.3 Å². The predicted octanol–water partition coefficient (Wildman–Crippen LogP) is 2.94. The predicted molar refractivity (Wildman–Crippen MR) is 70.6 cm³/mol. The van der Waals surface area contributed by atoms with Gasteiger partial charge in [-0.1, -0.05) is 0 Å². The monoisotopic (exact) mass is 283 g/mol. The van der Waals surface area contributed by atoms with E-state index in [0.29, 0.717) is 0 Å². The number of ether oxygens (including phenoxy) is 2. The molecule has 2 aliphatic rings. The maximum atomic E-state index is 13.5. The average molecular weight is 283 g/mol. The quantitative estimate of drug-likeness (QED) is 0.851. The molecule has 2 saturated heterocycles. The lowest BCUT2D eigenvalue weighted by molar-refractivity contribution is -0.0444. The van der Waals surface area contributed by atoms with Crippen LogP contribution in [0.4, 0.5) is 8.78 Å². The van der Waals surface area contributed by atoms with E-state index in [1.165, 1.54) is 12.1 Å². The Balaban J connectivity index is 1.53. The van der Waals surface area contributed by atoms with Crippen molar-refractivity contribution in [2.24, 2.45) is 0 Å². The summed E-state index contributed by atoms with van der Waals surface area (Å²) in [6.07, 6.45) is 4.15. The summed E-state index contributed by atoms with van der Waals surface area (Å²) in [7, 11) is 0. The van der Waals surface area contributed by atoms with Gasteiger partial charge in [0.25, 0.3) is 0 Å². The van der Waals surface area contributed by atoms with Crippen molar-refractivity contribution in [2.45, 2.75) is 38.0 Å². The van der Waals surface area contributed by atoms with Crippen LogP contribution in [0.15, 0.2) is 18.2 Å². The van der Waals surface area contributed by atoms with Gasteiger partial charge in [0, 0.05) is 25.8 Å². The molecule has 2 aliphatic heterocycles. The SMILES string of the molecule is Fc1ccc(OC2CCN([C@@H]3CCCO3)CC2)c(F)c1. The Morgan fingerprint density at radius 1 is 1.15 bits per heavy atom. The lowest BCUT2D eigenvalue weighted by Gasteiger charge is -2.35. The summed E-state index contributed by atoms with van der Waals surface area (Å²) >= 11 is 0. The van der Waals surface area contributed by atoms with Crippen molar-refractivity contribution in [3.63, 3.8) is 0 Å². The van der Waals surface area contributed by atoms with Crippen molar-refractivity contribution >= 4 is 0 Å². The van der Waals surface area contributed by atoms with Crippen LogP contribution < -0.4 is 4.74 Å². The van der Waals surface area contributed by atoms with Gasteiger partial charge < -0.3 is 9.47 Å². The summed E-state index contributed by atoms with van der Waals surface area (Å²) in [5, 5.41) is 0. The van der Waals surface area contributed by atoms with Gasteiger partial charge in [0.1, 0.15) is 18.1 Å². The van der Waals surface area contributed by atoms with Gasteiger partial charge >= 0.3 is 0 Å². The molecule has 20 heavy (non-hydrogen) atoms. The first-order valence-electron chi connectivity index (χ1n) is 7.20. The van der Waals surface area contributed by atoms with Crippen LogP contribution in [0.3, 0.4) is 0 Å². The van der Waals surface area contributed by atoms with Crippen LogP contribution >= 0.6 is 0 Å². The van der Waals surface area contributed by atoms with Gasteiger partial charge in [0.05, 0.1) is 0 Å². The zero-order valence-electron chi connectivity index (χ0n) is 11.4. The van der Waals surface area contributed by atoms with E-state index in [4.69, 9.17) is 9.47 Å². The summed E-state index contributed by atoms with van der Waals surface area (Å²) in [6, 6.07) is 3.44. The molecule has 0 bridgehead atoms. The Labute approximate surface area is 117 Å². The smallest absolute Gasteiger partial charge is 0.167 e. The summed E-state index contributed by atoms with van der Waals surface area (Å²) in [5.74, 6) is -1.07. The van der Waals surface area contributed by atoms with Gasteiger partial charge in [0.2, 0.25) is 0 Å². The third-order valence-electron chi connectivity index (χ3n) is 3.98. The van der Waals surface area contributed by atoms with E-state index in [1.807, 2.05) is 0 Å². The number of benzene rings is 1. The molecule has 0 amide bonds. The number of hydrogen-bond donors (Lipinski definition) is 0. The summed E-state index contributed by atoms with van der Waals surface area (Å²) in [4.78, 5) is 2.33. The Morgan fingerprint density at radius 3 is 2.60 bits per heavy atom. The highest BCUT2D eigenvalue weighted by molar-refractivity contribution is 5.25. The topological polar surface area (TPSA) is 21.7 Å². The van der Waals surface area contributed by atoms with Crippen LogP contribution in [0.2, 0.25) is 0 Å². The number of halogens is 2. The van der Waals surface area contributed by atoms with Gasteiger partial charge in [-0.25, -0.2) is 8.78 Å². The molecule has 110 valence electrons. The van der Waals surface area contributed by atoms with Crippen LogP contribution in [0, 0.1) is 11.6 Å². The third-order valence-corrected chi connectivity index (χ3v) is 3.98. The van der Waals surface area contributed by atoms with E-state index in [9.17, 15) is 8.78 Å². The molecular formula is C15H19F2NO2. The molecule has 0 radical (unpaired) electrons. The van der Waals surface area contributed by atoms with Gasteiger partial charge in [-0.05, 0) is 37.8 Å². The molecule has 1 aromatic carbocycles. The Morgan fingerprint density at radius 2 is 1.95 bits per heavy atom. The maximum absolute atomic E-state index is 13.5. The zero-order chi connectivity index (χ0) is 13.9. The summed E-state index contributed by atoms with van der Waals surface area (Å²) in [5.41, 5.74) is 0. The molecule has 0 unspecified atom stereocenters. The van der Waals surface area contributed by atoms with E-state index in [-0.39, 0.29) is 18.1 Å². The molecule has 5 heteroatoms. The minimum atomic E-state index is -0.633. The van der Waals surface area contributed by atoms with E-state index >= 15 is 0 Å². The maximum Gasteiger partial charge on any atom is 0.167 e. The molecule has 2 heterocycles. The third kappa shape index (κ3) is 3.10. The van der Waals surface area contributed by atoms with Crippen molar-refractivity contribution in [1.29, 1.82) is 0 Å². The van der Waals surface area contributed by atoms with E-state index < -0.39 is 11.6 Å². The highest BCUT2D eigenvalue weighted by Gasteiger charge is 2.28. The normalized spacial score (nSPS) is 25.0. The van der Waals surface area contributed by atoms with Crippen LogP contribution in [-0.2, 0) is 4.74 Å². The van der Waals surface area contributed by atoms with Crippen molar-refractivity contribution in [3.05, 3.63) is 29.8 Å². The molecular weight excluding hydrogens is 264 g/mol. The van der Waals surface area contributed by atoms with Gasteiger partial charge in [-0.15, -0.1) is 0 Å². The summed E-state index contributed by atoms with van der Waals surface area (Å²) in [6.45, 7) is 2.65. The fourth-order valence-corrected chi connectivity index (χ4v) is 2.88. The van der Waals surface area contributed by atoms with Crippen LogP contribution in [-0.4, -0.2) is 36.9 Å². The second-order valence-electron chi connectivity index (χ2n) is 5.40. The fourth-order valence-electron chi connectivity index (χ4n) is 2.88. The van der Waals surface area contributed by atoms with Crippen LogP contribution in [0.25, 0.3) is 0 Å². The van der Waals surface area contributed by atoms with Crippen LogP contribution in [0.5, 0.6) is 5.75 Å². The molecule has 0 aliphatic carbocycles. The molecule has 0 spiro atoms. The number of rotatable bonds is 3. The molecule has 0 saturated carbocycles. The van der Waals surface area contributed by atoms with Crippen molar-refractivity contribution in [1.82, 2.24) is 4.90 Å². The van der Waals surface area contributed by atoms with Crippen LogP contribution in [0.1, 0.15) is 25.7 Å². The van der Waals surface area contributed by atoms with Crippen molar-refractivity contribution in [2.75, 3.05) is 19.7 Å². The highest BCUT2D eigenvalue weighted by atomic mass is 19.1. The Hall–Kier alpha value is -1.20. The molecule has 1 atom stereocenters. The van der Waals surface area contributed by atoms with Gasteiger partial charge in [0.15, 0.2) is 11.6 Å². The zero-order valence-corrected chi connectivity index (χ0v) is 11.4. The number of nitrogens with zero attached hydrogens (tertiary/aromatic N) is 1. The second kappa shape index (κ2) is 6.06. The number of piperidine rings is 1. The van der Waals surface area contributed by atoms with E-state index in [1.54, 1.807) is 0 Å². The second-order valence-corrected chi connectivity index (χ2v) is 5.40. The first-order chi connectivity index (χ1) is 9.72. The molecule has 2 fully saturated rings. The number of hydrogen-bond acceptors (Lipinski definition) is 3. The first kappa shape index (κ1) is 13.8. The minimum Gasteiger partial charge on any atom is -0.487 e. The number of likely N-dealkylation sites (tertiary alicyclic amines) is 1. The molecule has 3 rings (SSSR count). The molecule has 1 aromatic rings. The summed E-state index contributed by atoms with van der Waals surface area (Å²) < 4.78 is 37.7. The minimum absolute atomic E-state index is 0.00684. The molecule has 0 N–H and O–H groups in total. The highest BCUT2D eigenvalue weighted by Crippen LogP contribution is 2.25. The standard InChI is InChI=1S/C15H19F2NO2/c16-11-3-4-14(13(17)10-11)20-12-5-7-18(8-6-12)15-2-1-9-19-15/h3-4,10,12,15H,1-2,5-9H2/t15-/m0/s1. The van der Waals surface area contributed by atoms with Crippen molar-refractivity contribution in [3.8, 4) is 5.75 Å². The molecule has 3 nitrogen and oxygen atoms in total. The molecule has 0 aromatic heterocycles. The first-order valence-corrected chi connectivity index (χ1v) is 7.20. The van der Waals surface area contributed by atoms with E-state index in [2.05, 4.69) is 4.90 Å². The van der Waals surface area contributed by atoms with Gasteiger partial charge in [-0.3, -0.25) is 4.90 Å². The van der Waals surface area contributed by atoms with Gasteiger partial charge in [-0.2, -0.15) is 0 Å². The average Bonchev–Trinajstić information content (AvgIpc) is 2.97. The Kier molecular flexibility index (Phi) is 4.17. The lowest BCUT2D eigenvalue weighted by Crippen LogP contribution is -2.43. The fraction of sp³-hybridized carbons (Fsp3) is 0.600. The van der Waals surface area contributed by atoms with E-state index in [0.717, 1.165) is 51.4 Å². The largest absolute Gasteiger partial charge is 0.487 e. The Bertz CT molecular complexity index is 455.